The van der Waals surface area contributed by atoms with E-state index in [1.54, 1.807) is 4.68 Å². The van der Waals surface area contributed by atoms with Crippen molar-refractivity contribution in [3.63, 3.8) is 0 Å². The number of fused-ring (bicyclic) bond motifs is 1. The Hall–Kier alpha value is -2.73. The number of nitrogens with one attached hydrogen (secondary N) is 1. The van der Waals surface area contributed by atoms with Gasteiger partial charge < -0.3 is 5.32 Å². The number of carbonyl (C=O) groups is 1. The fraction of sp³-hybridized carbons (Fsp3) is 0.409. The van der Waals surface area contributed by atoms with Crippen molar-refractivity contribution in [3.8, 4) is 0 Å². The number of aromatic nitrogens is 3. The van der Waals surface area contributed by atoms with Crippen LogP contribution in [0.2, 0.25) is 0 Å². The topological polar surface area (TPSA) is 63.1 Å². The van der Waals surface area contributed by atoms with Gasteiger partial charge in [-0.2, -0.15) is 0 Å². The van der Waals surface area contributed by atoms with Crippen molar-refractivity contribution in [2.75, 3.05) is 13.1 Å². The molecule has 6 nitrogen and oxygen atoms in total. The molecule has 0 saturated carbocycles. The van der Waals surface area contributed by atoms with Gasteiger partial charge in [0.1, 0.15) is 12.1 Å². The number of carbonyl (C=O) groups excluding carboxylic acids is 1. The van der Waals surface area contributed by atoms with E-state index in [-0.39, 0.29) is 12.5 Å². The highest BCUT2D eigenvalue weighted by Gasteiger charge is 2.16. The molecule has 0 radical (unpaired) electrons. The monoisotopic (exact) mass is 377 g/mol. The minimum absolute atomic E-state index is 0.0676. The number of para-hydroxylation sites is 1. The van der Waals surface area contributed by atoms with Crippen molar-refractivity contribution >= 4 is 16.9 Å². The van der Waals surface area contributed by atoms with Gasteiger partial charge in [0, 0.05) is 19.6 Å². The number of likely N-dealkylation sites (tertiary alicyclic amines) is 1. The van der Waals surface area contributed by atoms with E-state index in [0.717, 1.165) is 29.1 Å². The largest absolute Gasteiger partial charge is 0.350 e. The molecule has 1 aliphatic heterocycles. The normalized spacial score (nSPS) is 17.7. The molecule has 1 amide bonds. The molecule has 2 heterocycles. The zero-order chi connectivity index (χ0) is 19.3. The maximum absolute atomic E-state index is 12.3. The molecule has 0 spiro atoms. The number of hydrogen-bond acceptors (Lipinski definition) is 4. The van der Waals surface area contributed by atoms with E-state index in [9.17, 15) is 4.79 Å². The molecule has 1 fully saturated rings. The summed E-state index contributed by atoms with van der Waals surface area (Å²) >= 11 is 0. The summed E-state index contributed by atoms with van der Waals surface area (Å²) in [5, 5.41) is 11.1. The molecule has 1 aliphatic rings. The number of piperidine rings is 1. The van der Waals surface area contributed by atoms with Crippen LogP contribution in [0.4, 0.5) is 0 Å². The summed E-state index contributed by atoms with van der Waals surface area (Å²) in [6.07, 6.45) is 2.64. The van der Waals surface area contributed by atoms with Crippen molar-refractivity contribution in [2.45, 2.75) is 39.4 Å². The van der Waals surface area contributed by atoms with Crippen molar-refractivity contribution in [2.24, 2.45) is 5.92 Å². The fourth-order valence-corrected chi connectivity index (χ4v) is 3.88. The van der Waals surface area contributed by atoms with Gasteiger partial charge in [-0.05, 0) is 48.6 Å². The molecule has 1 atom stereocenters. The average Bonchev–Trinajstić information content (AvgIpc) is 3.10. The van der Waals surface area contributed by atoms with E-state index in [4.69, 9.17) is 0 Å². The second-order valence-corrected chi connectivity index (χ2v) is 7.81. The van der Waals surface area contributed by atoms with E-state index < -0.39 is 0 Å². The summed E-state index contributed by atoms with van der Waals surface area (Å²) in [5.74, 6) is 0.729. The Kier molecular flexibility index (Phi) is 5.67. The molecule has 0 bridgehead atoms. The van der Waals surface area contributed by atoms with E-state index in [1.165, 1.54) is 31.5 Å². The van der Waals surface area contributed by atoms with Crippen molar-refractivity contribution in [1.82, 2.24) is 25.2 Å². The first-order valence-electron chi connectivity index (χ1n) is 10.0. The lowest BCUT2D eigenvalue weighted by Crippen LogP contribution is -2.33. The SMILES string of the molecule is CC1CCCN(Cc2ccc(CNC(=O)Cn3nnc4ccccc43)cc2)C1. The van der Waals surface area contributed by atoms with Crippen LogP contribution in [0.5, 0.6) is 0 Å². The van der Waals surface area contributed by atoms with Gasteiger partial charge in [-0.1, -0.05) is 48.5 Å². The minimum Gasteiger partial charge on any atom is -0.350 e. The predicted molar refractivity (Wildman–Crippen MR) is 109 cm³/mol. The third kappa shape index (κ3) is 4.57. The number of hydrogen-bond donors (Lipinski definition) is 1. The summed E-state index contributed by atoms with van der Waals surface area (Å²) in [6, 6.07) is 16.2. The predicted octanol–water partition coefficient (Wildman–Crippen LogP) is 2.98. The molecule has 1 N–H and O–H groups in total. The van der Waals surface area contributed by atoms with Crippen LogP contribution in [0.15, 0.2) is 48.5 Å². The first-order chi connectivity index (χ1) is 13.7. The van der Waals surface area contributed by atoms with Crippen molar-refractivity contribution < 1.29 is 4.79 Å². The van der Waals surface area contributed by atoms with Gasteiger partial charge in [-0.25, -0.2) is 4.68 Å². The summed E-state index contributed by atoms with van der Waals surface area (Å²) in [6.45, 7) is 6.42. The zero-order valence-electron chi connectivity index (χ0n) is 16.3. The highest BCUT2D eigenvalue weighted by Crippen LogP contribution is 2.18. The summed E-state index contributed by atoms with van der Waals surface area (Å²) < 4.78 is 1.63. The minimum atomic E-state index is -0.0676. The third-order valence-corrected chi connectivity index (χ3v) is 5.37. The van der Waals surface area contributed by atoms with Crippen LogP contribution >= 0.6 is 0 Å². The third-order valence-electron chi connectivity index (χ3n) is 5.37. The van der Waals surface area contributed by atoms with Crippen molar-refractivity contribution in [1.29, 1.82) is 0 Å². The van der Waals surface area contributed by atoms with Crippen molar-refractivity contribution in [3.05, 3.63) is 59.7 Å². The van der Waals surface area contributed by atoms with Crippen LogP contribution in [0.1, 0.15) is 30.9 Å². The molecule has 146 valence electrons. The molecule has 1 unspecified atom stereocenters. The smallest absolute Gasteiger partial charge is 0.242 e. The van der Waals surface area contributed by atoms with Gasteiger partial charge in [0.15, 0.2) is 0 Å². The molecule has 3 aromatic rings. The molecule has 6 heteroatoms. The van der Waals surface area contributed by atoms with Crippen LogP contribution in [-0.4, -0.2) is 38.9 Å². The maximum Gasteiger partial charge on any atom is 0.242 e. The van der Waals surface area contributed by atoms with Crippen LogP contribution in [0.25, 0.3) is 11.0 Å². The summed E-state index contributed by atoms with van der Waals surface area (Å²) in [7, 11) is 0. The van der Waals surface area contributed by atoms with Gasteiger partial charge in [0.05, 0.1) is 5.52 Å². The molecule has 2 aromatic carbocycles. The van der Waals surface area contributed by atoms with E-state index in [1.807, 2.05) is 24.3 Å². The molecule has 28 heavy (non-hydrogen) atoms. The first kappa shape index (κ1) is 18.6. The highest BCUT2D eigenvalue weighted by atomic mass is 16.2. The Morgan fingerprint density at radius 3 is 2.75 bits per heavy atom. The Balaban J connectivity index is 1.28. The Morgan fingerprint density at radius 2 is 1.93 bits per heavy atom. The second-order valence-electron chi connectivity index (χ2n) is 7.81. The van der Waals surface area contributed by atoms with E-state index in [0.29, 0.717) is 6.54 Å². The second kappa shape index (κ2) is 8.52. The van der Waals surface area contributed by atoms with Gasteiger partial charge in [0.2, 0.25) is 5.91 Å². The molecule has 1 aromatic heterocycles. The van der Waals surface area contributed by atoms with Gasteiger partial charge in [-0.3, -0.25) is 9.69 Å². The summed E-state index contributed by atoms with van der Waals surface area (Å²) in [4.78, 5) is 14.8. The molecular formula is C22H27N5O. The number of benzene rings is 2. The number of amides is 1. The van der Waals surface area contributed by atoms with E-state index in [2.05, 4.69) is 51.7 Å². The molecule has 1 saturated heterocycles. The number of nitrogens with zero attached hydrogens (tertiary/aromatic N) is 4. The van der Waals surface area contributed by atoms with Gasteiger partial charge in [0.25, 0.3) is 0 Å². The quantitative estimate of drug-likeness (QED) is 0.717. The summed E-state index contributed by atoms with van der Waals surface area (Å²) in [5.41, 5.74) is 4.11. The molecular weight excluding hydrogens is 350 g/mol. The van der Waals surface area contributed by atoms with Gasteiger partial charge >= 0.3 is 0 Å². The van der Waals surface area contributed by atoms with Crippen LogP contribution in [0.3, 0.4) is 0 Å². The van der Waals surface area contributed by atoms with Crippen LogP contribution < -0.4 is 5.32 Å². The Bertz CT molecular complexity index is 934. The lowest BCUT2D eigenvalue weighted by Gasteiger charge is -2.30. The number of rotatable bonds is 6. The lowest BCUT2D eigenvalue weighted by atomic mass is 9.99. The van der Waals surface area contributed by atoms with Crippen LogP contribution in [0, 0.1) is 5.92 Å². The molecule has 4 rings (SSSR count). The van der Waals surface area contributed by atoms with E-state index >= 15 is 0 Å². The average molecular weight is 377 g/mol. The maximum atomic E-state index is 12.3. The standard InChI is InChI=1S/C22H27N5O/c1-17-5-4-12-26(14-17)15-19-10-8-18(9-11-19)13-23-22(28)16-27-21-7-3-2-6-20(21)24-25-27/h2-3,6-11,17H,4-5,12-16H2,1H3,(H,23,28). The Morgan fingerprint density at radius 1 is 1.14 bits per heavy atom. The zero-order valence-corrected chi connectivity index (χ0v) is 16.3. The molecule has 0 aliphatic carbocycles. The fourth-order valence-electron chi connectivity index (χ4n) is 3.88. The van der Waals surface area contributed by atoms with Gasteiger partial charge in [-0.15, -0.1) is 5.10 Å². The van der Waals surface area contributed by atoms with Crippen LogP contribution in [-0.2, 0) is 24.4 Å². The first-order valence-corrected chi connectivity index (χ1v) is 10.0. The lowest BCUT2D eigenvalue weighted by molar-refractivity contribution is -0.121. The Labute approximate surface area is 165 Å². The highest BCUT2D eigenvalue weighted by molar-refractivity contribution is 5.79.